The Kier molecular flexibility index (Phi) is 3.29. The van der Waals surface area contributed by atoms with Crippen LogP contribution in [0.3, 0.4) is 0 Å². The number of benzene rings is 2. The third kappa shape index (κ3) is 2.59. The number of para-hydroxylation sites is 1. The zero-order chi connectivity index (χ0) is 13.8. The fourth-order valence-electron chi connectivity index (χ4n) is 2.04. The molecule has 0 radical (unpaired) electrons. The minimum Gasteiger partial charge on any atom is -0.384 e. The topological polar surface area (TPSA) is 63.8 Å². The Morgan fingerprint density at radius 1 is 0.850 bits per heavy atom. The van der Waals surface area contributed by atoms with Gasteiger partial charge in [-0.05, 0) is 11.6 Å². The molecule has 4 nitrogen and oxygen atoms in total. The van der Waals surface area contributed by atoms with Gasteiger partial charge < -0.3 is 11.1 Å². The molecule has 3 rings (SSSR count). The van der Waals surface area contributed by atoms with Crippen molar-refractivity contribution in [1.29, 1.82) is 0 Å². The Morgan fingerprint density at radius 2 is 1.60 bits per heavy atom. The summed E-state index contributed by atoms with van der Waals surface area (Å²) in [4.78, 5) is 8.06. The second-order valence-corrected chi connectivity index (χ2v) is 4.36. The van der Waals surface area contributed by atoms with Crippen LogP contribution in [0.5, 0.6) is 0 Å². The summed E-state index contributed by atoms with van der Waals surface area (Å²) >= 11 is 0. The maximum absolute atomic E-state index is 5.67. The van der Waals surface area contributed by atoms with Crippen LogP contribution in [0.1, 0.15) is 0 Å². The zero-order valence-electron chi connectivity index (χ0n) is 10.8. The Balaban J connectivity index is 1.99. The molecule has 0 saturated heterocycles. The number of nitrogen functional groups attached to an aromatic ring is 1. The summed E-state index contributed by atoms with van der Waals surface area (Å²) in [5.74, 6) is 1.13. The van der Waals surface area contributed by atoms with Gasteiger partial charge in [0, 0.05) is 17.3 Å². The maximum Gasteiger partial charge on any atom is 0.135 e. The number of aromatic nitrogens is 2. The van der Waals surface area contributed by atoms with Crippen molar-refractivity contribution >= 4 is 17.3 Å². The minimum atomic E-state index is 0.444. The molecule has 0 fully saturated rings. The summed E-state index contributed by atoms with van der Waals surface area (Å²) in [5, 5.41) is 3.28. The minimum absolute atomic E-state index is 0.444. The number of nitrogens with zero attached hydrogens (tertiary/aromatic N) is 2. The van der Waals surface area contributed by atoms with Gasteiger partial charge in [-0.15, -0.1) is 0 Å². The van der Waals surface area contributed by atoms with Crippen LogP contribution in [0.4, 0.5) is 17.3 Å². The van der Waals surface area contributed by atoms with Gasteiger partial charge in [-0.1, -0.05) is 48.5 Å². The molecule has 2 aromatic carbocycles. The summed E-state index contributed by atoms with van der Waals surface area (Å²) in [6, 6.07) is 20.0. The monoisotopic (exact) mass is 262 g/mol. The summed E-state index contributed by atoms with van der Waals surface area (Å²) in [6.45, 7) is 0. The molecule has 1 aromatic heterocycles. The Morgan fingerprint density at radius 3 is 2.40 bits per heavy atom. The van der Waals surface area contributed by atoms with Gasteiger partial charge in [0.15, 0.2) is 0 Å². The first-order valence-corrected chi connectivity index (χ1v) is 6.32. The Hall–Kier alpha value is -2.88. The number of nitrogens with one attached hydrogen (secondary N) is 1. The van der Waals surface area contributed by atoms with E-state index in [-0.39, 0.29) is 0 Å². The molecule has 0 saturated carbocycles. The molecule has 0 atom stereocenters. The summed E-state index contributed by atoms with van der Waals surface area (Å²) in [6.07, 6.45) is 1.45. The normalized spacial score (nSPS) is 10.2. The van der Waals surface area contributed by atoms with Gasteiger partial charge in [-0.3, -0.25) is 0 Å². The lowest BCUT2D eigenvalue weighted by molar-refractivity contribution is 1.18. The van der Waals surface area contributed by atoms with Crippen LogP contribution in [0.2, 0.25) is 0 Å². The van der Waals surface area contributed by atoms with Crippen LogP contribution in [-0.2, 0) is 0 Å². The fourth-order valence-corrected chi connectivity index (χ4v) is 2.04. The molecule has 98 valence electrons. The van der Waals surface area contributed by atoms with E-state index in [1.807, 2.05) is 36.4 Å². The smallest absolute Gasteiger partial charge is 0.135 e. The average molecular weight is 262 g/mol. The number of rotatable bonds is 3. The molecular weight excluding hydrogens is 248 g/mol. The second-order valence-electron chi connectivity index (χ2n) is 4.36. The molecule has 0 spiro atoms. The first-order valence-electron chi connectivity index (χ1n) is 6.32. The zero-order valence-corrected chi connectivity index (χ0v) is 10.8. The van der Waals surface area contributed by atoms with Crippen molar-refractivity contribution < 1.29 is 0 Å². The van der Waals surface area contributed by atoms with Gasteiger partial charge in [0.2, 0.25) is 0 Å². The number of hydrogen-bond acceptors (Lipinski definition) is 4. The molecule has 0 aliphatic heterocycles. The third-order valence-corrected chi connectivity index (χ3v) is 2.96. The lowest BCUT2D eigenvalue weighted by Gasteiger charge is -2.11. The van der Waals surface area contributed by atoms with E-state index in [1.165, 1.54) is 6.33 Å². The molecule has 0 aliphatic carbocycles. The van der Waals surface area contributed by atoms with E-state index >= 15 is 0 Å². The highest BCUT2D eigenvalue weighted by Gasteiger charge is 2.05. The molecule has 0 amide bonds. The van der Waals surface area contributed by atoms with Gasteiger partial charge in [0.25, 0.3) is 0 Å². The van der Waals surface area contributed by atoms with Crippen LogP contribution < -0.4 is 11.1 Å². The predicted molar refractivity (Wildman–Crippen MR) is 81.6 cm³/mol. The average Bonchev–Trinajstić information content (AvgIpc) is 2.49. The Labute approximate surface area is 117 Å². The van der Waals surface area contributed by atoms with Crippen molar-refractivity contribution in [2.75, 3.05) is 11.1 Å². The molecule has 20 heavy (non-hydrogen) atoms. The van der Waals surface area contributed by atoms with Crippen molar-refractivity contribution in [3.05, 3.63) is 67.0 Å². The lowest BCUT2D eigenvalue weighted by Crippen LogP contribution is -1.98. The van der Waals surface area contributed by atoms with Crippen molar-refractivity contribution in [3.8, 4) is 11.1 Å². The van der Waals surface area contributed by atoms with Crippen molar-refractivity contribution in [2.24, 2.45) is 0 Å². The van der Waals surface area contributed by atoms with Gasteiger partial charge >= 0.3 is 0 Å². The van der Waals surface area contributed by atoms with Gasteiger partial charge in [-0.2, -0.15) is 0 Å². The van der Waals surface area contributed by atoms with E-state index in [0.717, 1.165) is 16.8 Å². The standard InChI is InChI=1S/C16H14N4/c17-15-10-16(19-11-18-15)20-14-9-5-4-8-13(14)12-6-2-1-3-7-12/h1-11H,(H3,17,18,19,20). The van der Waals surface area contributed by atoms with Crippen LogP contribution in [-0.4, -0.2) is 9.97 Å². The van der Waals surface area contributed by atoms with Gasteiger partial charge in [-0.25, -0.2) is 9.97 Å². The quantitative estimate of drug-likeness (QED) is 0.758. The first kappa shape index (κ1) is 12.2. The molecule has 0 unspecified atom stereocenters. The highest BCUT2D eigenvalue weighted by molar-refractivity contribution is 5.80. The Bertz CT molecular complexity index is 710. The van der Waals surface area contributed by atoms with E-state index in [0.29, 0.717) is 11.6 Å². The van der Waals surface area contributed by atoms with E-state index in [4.69, 9.17) is 5.73 Å². The van der Waals surface area contributed by atoms with Crippen molar-refractivity contribution in [2.45, 2.75) is 0 Å². The molecule has 3 aromatic rings. The number of nitrogens with two attached hydrogens (primary N) is 1. The molecule has 0 bridgehead atoms. The SMILES string of the molecule is Nc1cc(Nc2ccccc2-c2ccccc2)ncn1. The fraction of sp³-hybridized carbons (Fsp3) is 0. The van der Waals surface area contributed by atoms with Crippen LogP contribution in [0.25, 0.3) is 11.1 Å². The largest absolute Gasteiger partial charge is 0.384 e. The number of hydrogen-bond donors (Lipinski definition) is 2. The van der Waals surface area contributed by atoms with Crippen LogP contribution in [0, 0.1) is 0 Å². The van der Waals surface area contributed by atoms with Crippen LogP contribution in [0.15, 0.2) is 67.0 Å². The predicted octanol–water partition coefficient (Wildman–Crippen LogP) is 3.47. The van der Waals surface area contributed by atoms with E-state index in [1.54, 1.807) is 6.07 Å². The second kappa shape index (κ2) is 5.40. The van der Waals surface area contributed by atoms with E-state index in [9.17, 15) is 0 Å². The highest BCUT2D eigenvalue weighted by atomic mass is 15.0. The summed E-state index contributed by atoms with van der Waals surface area (Å²) in [7, 11) is 0. The van der Waals surface area contributed by atoms with E-state index < -0.39 is 0 Å². The first-order chi connectivity index (χ1) is 9.83. The maximum atomic E-state index is 5.67. The lowest BCUT2D eigenvalue weighted by atomic mass is 10.0. The molecular formula is C16H14N4. The van der Waals surface area contributed by atoms with Crippen molar-refractivity contribution in [1.82, 2.24) is 9.97 Å². The number of anilines is 3. The van der Waals surface area contributed by atoms with Gasteiger partial charge in [0.1, 0.15) is 18.0 Å². The molecule has 1 heterocycles. The van der Waals surface area contributed by atoms with Gasteiger partial charge in [0.05, 0.1) is 0 Å². The summed E-state index contributed by atoms with van der Waals surface area (Å²) in [5.41, 5.74) is 8.92. The molecule has 3 N–H and O–H groups in total. The van der Waals surface area contributed by atoms with E-state index in [2.05, 4.69) is 33.5 Å². The molecule has 4 heteroatoms. The third-order valence-electron chi connectivity index (χ3n) is 2.96. The van der Waals surface area contributed by atoms with Crippen LogP contribution >= 0.6 is 0 Å². The highest BCUT2D eigenvalue weighted by Crippen LogP contribution is 2.29. The summed E-state index contributed by atoms with van der Waals surface area (Å²) < 4.78 is 0. The van der Waals surface area contributed by atoms with Crippen molar-refractivity contribution in [3.63, 3.8) is 0 Å². The molecule has 0 aliphatic rings.